The van der Waals surface area contributed by atoms with Crippen LogP contribution in [0.5, 0.6) is 0 Å². The molecule has 1 saturated carbocycles. The van der Waals surface area contributed by atoms with E-state index in [1.54, 1.807) is 13.8 Å². The molecule has 1 atom stereocenters. The third-order valence-electron chi connectivity index (χ3n) is 6.34. The van der Waals surface area contributed by atoms with E-state index in [2.05, 4.69) is 5.32 Å². The molecule has 1 N–H and O–H groups in total. The Morgan fingerprint density at radius 1 is 1.16 bits per heavy atom. The van der Waals surface area contributed by atoms with E-state index in [-0.39, 0.29) is 25.0 Å². The Balaban J connectivity index is 1.97. The summed E-state index contributed by atoms with van der Waals surface area (Å²) in [5.41, 5.74) is -0.537. The van der Waals surface area contributed by atoms with Gasteiger partial charge in [0.15, 0.2) is 0 Å². The highest BCUT2D eigenvalue weighted by atomic mass is 32.2. The van der Waals surface area contributed by atoms with Crippen LogP contribution in [0.4, 0.5) is 10.1 Å². The number of hydrogen-bond donors (Lipinski definition) is 1. The van der Waals surface area contributed by atoms with Gasteiger partial charge in [-0.1, -0.05) is 32.1 Å². The number of amides is 2. The number of aryl methyl sites for hydroxylation is 1. The fourth-order valence-corrected chi connectivity index (χ4v) is 5.42. The molecular weight excluding hydrogens is 421 g/mol. The summed E-state index contributed by atoms with van der Waals surface area (Å²) < 4.78 is 39.2. The molecule has 172 valence electrons. The Kier molecular flexibility index (Phi) is 7.05. The molecule has 1 saturated heterocycles. The molecule has 2 fully saturated rings. The van der Waals surface area contributed by atoms with E-state index in [9.17, 15) is 22.4 Å². The minimum atomic E-state index is -3.68. The highest BCUT2D eigenvalue weighted by molar-refractivity contribution is 7.88. The van der Waals surface area contributed by atoms with Crippen LogP contribution in [0.3, 0.4) is 0 Å². The van der Waals surface area contributed by atoms with Gasteiger partial charge >= 0.3 is 0 Å². The molecule has 1 aromatic rings. The Bertz CT molecular complexity index is 944. The van der Waals surface area contributed by atoms with Crippen LogP contribution in [0.15, 0.2) is 18.2 Å². The quantitative estimate of drug-likeness (QED) is 0.760. The van der Waals surface area contributed by atoms with Crippen LogP contribution in [0.25, 0.3) is 0 Å². The molecule has 0 bridgehead atoms. The maximum atomic E-state index is 13.7. The van der Waals surface area contributed by atoms with Gasteiger partial charge in [-0.05, 0) is 50.5 Å². The zero-order chi connectivity index (χ0) is 22.8. The molecule has 1 aliphatic heterocycles. The molecular formula is C22H32FN3O4S. The Morgan fingerprint density at radius 3 is 2.35 bits per heavy atom. The smallest absolute Gasteiger partial charge is 0.247 e. The van der Waals surface area contributed by atoms with Crippen LogP contribution in [0, 0.1) is 12.7 Å². The Morgan fingerprint density at radius 2 is 1.77 bits per heavy atom. The summed E-state index contributed by atoms with van der Waals surface area (Å²) in [6.07, 6.45) is 8.27. The predicted octanol–water partition coefficient (Wildman–Crippen LogP) is 2.73. The molecule has 7 nitrogen and oxygen atoms in total. The fraction of sp³-hybridized carbons (Fsp3) is 0.636. The first-order chi connectivity index (χ1) is 14.5. The van der Waals surface area contributed by atoms with E-state index in [1.807, 2.05) is 0 Å². The van der Waals surface area contributed by atoms with Crippen LogP contribution in [-0.4, -0.2) is 55.5 Å². The van der Waals surface area contributed by atoms with Gasteiger partial charge in [0.1, 0.15) is 11.4 Å². The number of nitrogens with zero attached hydrogens (tertiary/aromatic N) is 2. The highest BCUT2D eigenvalue weighted by Crippen LogP contribution is 2.33. The summed E-state index contributed by atoms with van der Waals surface area (Å²) in [5, 5.41) is 3.09. The van der Waals surface area contributed by atoms with E-state index >= 15 is 0 Å². The lowest BCUT2D eigenvalue weighted by atomic mass is 9.91. The van der Waals surface area contributed by atoms with Gasteiger partial charge in [0, 0.05) is 18.3 Å². The zero-order valence-corrected chi connectivity index (χ0v) is 19.3. The molecule has 1 aromatic carbocycles. The van der Waals surface area contributed by atoms with Crippen LogP contribution in [0.1, 0.15) is 57.4 Å². The minimum Gasteiger partial charge on any atom is -0.351 e. The number of halogens is 1. The monoisotopic (exact) mass is 453 g/mol. The maximum Gasteiger partial charge on any atom is 0.247 e. The first-order valence-electron chi connectivity index (χ1n) is 10.9. The maximum absolute atomic E-state index is 13.7. The van der Waals surface area contributed by atoms with E-state index in [1.165, 1.54) is 29.5 Å². The minimum absolute atomic E-state index is 0.00972. The van der Waals surface area contributed by atoms with Gasteiger partial charge in [-0.3, -0.25) is 14.5 Å². The highest BCUT2D eigenvalue weighted by Gasteiger charge is 2.50. The third-order valence-corrected chi connectivity index (χ3v) is 7.53. The lowest BCUT2D eigenvalue weighted by Gasteiger charge is -2.47. The van der Waals surface area contributed by atoms with Crippen molar-refractivity contribution < 1.29 is 22.4 Å². The lowest BCUT2D eigenvalue weighted by Crippen LogP contribution is -2.70. The summed E-state index contributed by atoms with van der Waals surface area (Å²) in [4.78, 5) is 28.1. The summed E-state index contributed by atoms with van der Waals surface area (Å²) in [5.74, 6) is -1.34. The number of anilines is 1. The van der Waals surface area contributed by atoms with Crippen molar-refractivity contribution in [2.24, 2.45) is 0 Å². The number of benzene rings is 1. The second-order valence-corrected chi connectivity index (χ2v) is 11.0. The van der Waals surface area contributed by atoms with Gasteiger partial charge in [0.25, 0.3) is 0 Å². The number of hydrogen-bond acceptors (Lipinski definition) is 4. The van der Waals surface area contributed by atoms with E-state index in [4.69, 9.17) is 0 Å². The van der Waals surface area contributed by atoms with Crippen molar-refractivity contribution in [3.8, 4) is 0 Å². The van der Waals surface area contributed by atoms with Crippen LogP contribution in [0.2, 0.25) is 0 Å². The molecule has 0 radical (unpaired) electrons. The molecule has 3 rings (SSSR count). The first-order valence-corrected chi connectivity index (χ1v) is 12.7. The molecule has 1 heterocycles. The number of carbonyl (C=O) groups excluding carboxylic acids is 2. The largest absolute Gasteiger partial charge is 0.351 e. The normalized spacial score (nSPS) is 24.5. The van der Waals surface area contributed by atoms with Gasteiger partial charge in [-0.2, -0.15) is 4.31 Å². The lowest BCUT2D eigenvalue weighted by molar-refractivity contribution is -0.133. The van der Waals surface area contributed by atoms with Crippen molar-refractivity contribution in [2.45, 2.75) is 70.4 Å². The number of piperazine rings is 1. The average Bonchev–Trinajstić information content (AvgIpc) is 2.64. The third kappa shape index (κ3) is 5.26. The number of nitrogens with one attached hydrogen (secondary N) is 1. The molecule has 9 heteroatoms. The van der Waals surface area contributed by atoms with Crippen molar-refractivity contribution in [3.63, 3.8) is 0 Å². The summed E-state index contributed by atoms with van der Waals surface area (Å²) in [6, 6.07) is 4.01. The number of carbonyl (C=O) groups is 2. The molecule has 2 aliphatic rings. The summed E-state index contributed by atoms with van der Waals surface area (Å²) in [6.45, 7) is 2.74. The average molecular weight is 454 g/mol. The van der Waals surface area contributed by atoms with E-state index < -0.39 is 27.3 Å². The molecule has 0 spiro atoms. The van der Waals surface area contributed by atoms with Crippen molar-refractivity contribution in [3.05, 3.63) is 29.6 Å². The Labute approximate surface area is 184 Å². The summed E-state index contributed by atoms with van der Waals surface area (Å²) >= 11 is 0. The van der Waals surface area contributed by atoms with E-state index in [0.29, 0.717) is 11.3 Å². The second-order valence-electron chi connectivity index (χ2n) is 8.98. The topological polar surface area (TPSA) is 86.8 Å². The van der Waals surface area contributed by atoms with Crippen molar-refractivity contribution in [2.75, 3.05) is 24.2 Å². The predicted molar refractivity (Wildman–Crippen MR) is 118 cm³/mol. The standard InChI is InChI=1S/C22H32FN3O4S/c1-16-13-17(23)11-12-19(16)26-20(27)14-25(31(3,29)30)15-22(26,2)21(28)24-18-9-7-5-4-6-8-10-18/h11-13,18H,4-10,14-15H2,1-3H3,(H,24,28)/t22-/m0/s1. The molecule has 31 heavy (non-hydrogen) atoms. The van der Waals surface area contributed by atoms with Crippen LogP contribution >= 0.6 is 0 Å². The fourth-order valence-electron chi connectivity index (χ4n) is 4.59. The second kappa shape index (κ2) is 9.24. The molecule has 2 amide bonds. The van der Waals surface area contributed by atoms with E-state index in [0.717, 1.165) is 49.1 Å². The van der Waals surface area contributed by atoms with Gasteiger partial charge in [-0.25, -0.2) is 12.8 Å². The van der Waals surface area contributed by atoms with Gasteiger partial charge in [0.05, 0.1) is 12.8 Å². The molecule has 0 unspecified atom stereocenters. The van der Waals surface area contributed by atoms with Gasteiger partial charge in [0.2, 0.25) is 21.8 Å². The van der Waals surface area contributed by atoms with Gasteiger partial charge < -0.3 is 5.32 Å². The number of sulfonamides is 1. The zero-order valence-electron chi connectivity index (χ0n) is 18.5. The SMILES string of the molecule is Cc1cc(F)ccc1N1C(=O)CN(S(C)(=O)=O)C[C@@]1(C)C(=O)NC1CCCCCCC1. The van der Waals surface area contributed by atoms with Crippen LogP contribution < -0.4 is 10.2 Å². The van der Waals surface area contributed by atoms with Crippen molar-refractivity contribution >= 4 is 27.5 Å². The summed E-state index contributed by atoms with van der Waals surface area (Å²) in [7, 11) is -3.68. The Hall–Kier alpha value is -2.00. The number of rotatable bonds is 4. The van der Waals surface area contributed by atoms with Crippen LogP contribution in [-0.2, 0) is 19.6 Å². The van der Waals surface area contributed by atoms with Crippen molar-refractivity contribution in [1.29, 1.82) is 0 Å². The first kappa shape index (κ1) is 23.7. The van der Waals surface area contributed by atoms with Crippen molar-refractivity contribution in [1.82, 2.24) is 9.62 Å². The molecule has 1 aliphatic carbocycles. The molecule has 0 aromatic heterocycles. The van der Waals surface area contributed by atoms with Gasteiger partial charge in [-0.15, -0.1) is 0 Å².